The largest absolute Gasteiger partial charge is 0.470 e. The summed E-state index contributed by atoms with van der Waals surface area (Å²) in [6.45, 7) is 10.4. The van der Waals surface area contributed by atoms with Crippen molar-refractivity contribution >= 4 is 11.5 Å². The highest BCUT2D eigenvalue weighted by atomic mass is 16.5. The average molecular weight is 292 g/mol. The van der Waals surface area contributed by atoms with E-state index in [1.807, 2.05) is 32.9 Å². The standard InChI is InChI=1S/C16H28N4O/c1-16(2,3)21-15-13(17)7-8-14(19-15)18-9-12-20-10-5-4-6-11-20/h7-8H,4-6,9-12,17H2,1-3H3,(H,18,19). The molecule has 0 spiro atoms. The summed E-state index contributed by atoms with van der Waals surface area (Å²) in [5.74, 6) is 1.32. The van der Waals surface area contributed by atoms with E-state index in [0.717, 1.165) is 18.9 Å². The van der Waals surface area contributed by atoms with Crippen LogP contribution >= 0.6 is 0 Å². The number of likely N-dealkylation sites (tertiary alicyclic amines) is 1. The number of rotatable bonds is 5. The molecule has 1 aliphatic rings. The molecule has 0 aromatic carbocycles. The average Bonchev–Trinajstić information content (AvgIpc) is 2.42. The van der Waals surface area contributed by atoms with E-state index in [1.54, 1.807) is 0 Å². The van der Waals surface area contributed by atoms with Crippen LogP contribution in [0.5, 0.6) is 5.88 Å². The maximum Gasteiger partial charge on any atom is 0.239 e. The number of nitrogens with two attached hydrogens (primary N) is 1. The molecule has 0 unspecified atom stereocenters. The van der Waals surface area contributed by atoms with Crippen molar-refractivity contribution in [3.05, 3.63) is 12.1 Å². The van der Waals surface area contributed by atoms with Gasteiger partial charge in [0.15, 0.2) is 0 Å². The molecule has 1 aliphatic heterocycles. The smallest absolute Gasteiger partial charge is 0.239 e. The number of anilines is 2. The van der Waals surface area contributed by atoms with Crippen LogP contribution in [-0.2, 0) is 0 Å². The zero-order valence-corrected chi connectivity index (χ0v) is 13.5. The first-order valence-electron chi connectivity index (χ1n) is 7.86. The Bertz CT molecular complexity index is 450. The number of pyridine rings is 1. The SMILES string of the molecule is CC(C)(C)Oc1nc(NCCN2CCCCC2)ccc1N. The second-order valence-electron chi connectivity index (χ2n) is 6.63. The fraction of sp³-hybridized carbons (Fsp3) is 0.688. The predicted octanol–water partition coefficient (Wildman–Crippen LogP) is 2.74. The van der Waals surface area contributed by atoms with Gasteiger partial charge in [-0.2, -0.15) is 4.98 Å². The van der Waals surface area contributed by atoms with Crippen molar-refractivity contribution in [2.45, 2.75) is 45.6 Å². The Kier molecular flexibility index (Phi) is 5.28. The molecule has 118 valence electrons. The van der Waals surface area contributed by atoms with Gasteiger partial charge in [-0.15, -0.1) is 0 Å². The van der Waals surface area contributed by atoms with Crippen molar-refractivity contribution in [3.63, 3.8) is 0 Å². The number of nitrogens with one attached hydrogen (secondary N) is 1. The molecular formula is C16H28N4O. The molecule has 1 saturated heterocycles. The van der Waals surface area contributed by atoms with Gasteiger partial charge in [0.1, 0.15) is 11.4 Å². The Balaban J connectivity index is 1.86. The lowest BCUT2D eigenvalue weighted by Crippen LogP contribution is -2.33. The third-order valence-electron chi connectivity index (χ3n) is 3.48. The molecule has 1 aromatic rings. The normalized spacial score (nSPS) is 16.7. The Morgan fingerprint density at radius 2 is 1.95 bits per heavy atom. The van der Waals surface area contributed by atoms with Gasteiger partial charge in [-0.3, -0.25) is 0 Å². The number of nitrogens with zero attached hydrogens (tertiary/aromatic N) is 2. The lowest BCUT2D eigenvalue weighted by Gasteiger charge is -2.26. The number of hydrogen-bond acceptors (Lipinski definition) is 5. The van der Waals surface area contributed by atoms with Gasteiger partial charge in [0.25, 0.3) is 0 Å². The van der Waals surface area contributed by atoms with E-state index in [-0.39, 0.29) is 5.60 Å². The predicted molar refractivity (Wildman–Crippen MR) is 87.8 cm³/mol. The van der Waals surface area contributed by atoms with Gasteiger partial charge < -0.3 is 20.7 Å². The molecule has 0 bridgehead atoms. The van der Waals surface area contributed by atoms with Crippen LogP contribution in [0.3, 0.4) is 0 Å². The van der Waals surface area contributed by atoms with Crippen LogP contribution in [0, 0.1) is 0 Å². The van der Waals surface area contributed by atoms with Crippen molar-refractivity contribution in [3.8, 4) is 5.88 Å². The zero-order chi connectivity index (χ0) is 15.3. The monoisotopic (exact) mass is 292 g/mol. The summed E-state index contributed by atoms with van der Waals surface area (Å²) < 4.78 is 5.78. The zero-order valence-electron chi connectivity index (χ0n) is 13.5. The fourth-order valence-corrected chi connectivity index (χ4v) is 2.45. The Morgan fingerprint density at radius 1 is 1.24 bits per heavy atom. The molecule has 0 amide bonds. The molecule has 0 saturated carbocycles. The molecule has 5 nitrogen and oxygen atoms in total. The van der Waals surface area contributed by atoms with Crippen molar-refractivity contribution in [1.82, 2.24) is 9.88 Å². The summed E-state index contributed by atoms with van der Waals surface area (Å²) in [5, 5.41) is 3.36. The third kappa shape index (κ3) is 5.42. The van der Waals surface area contributed by atoms with E-state index < -0.39 is 0 Å². The van der Waals surface area contributed by atoms with Crippen molar-refractivity contribution < 1.29 is 4.74 Å². The van der Waals surface area contributed by atoms with Crippen LogP contribution in [0.25, 0.3) is 0 Å². The van der Waals surface area contributed by atoms with E-state index in [4.69, 9.17) is 10.5 Å². The van der Waals surface area contributed by atoms with Crippen molar-refractivity contribution in [2.75, 3.05) is 37.2 Å². The van der Waals surface area contributed by atoms with E-state index in [2.05, 4.69) is 15.2 Å². The molecule has 1 aromatic heterocycles. The van der Waals surface area contributed by atoms with Crippen LogP contribution in [0.15, 0.2) is 12.1 Å². The summed E-state index contributed by atoms with van der Waals surface area (Å²) in [6, 6.07) is 3.75. The van der Waals surface area contributed by atoms with Gasteiger partial charge in [-0.25, -0.2) is 0 Å². The molecule has 0 atom stereocenters. The van der Waals surface area contributed by atoms with E-state index in [1.165, 1.54) is 32.4 Å². The molecule has 0 radical (unpaired) electrons. The Morgan fingerprint density at radius 3 is 2.62 bits per heavy atom. The summed E-state index contributed by atoms with van der Waals surface area (Å²) >= 11 is 0. The molecule has 2 rings (SSSR count). The van der Waals surface area contributed by atoms with Gasteiger partial charge in [0.2, 0.25) is 5.88 Å². The van der Waals surface area contributed by atoms with Crippen molar-refractivity contribution in [2.24, 2.45) is 0 Å². The summed E-state index contributed by atoms with van der Waals surface area (Å²) in [4.78, 5) is 6.96. The van der Waals surface area contributed by atoms with Crippen LogP contribution in [0.4, 0.5) is 11.5 Å². The van der Waals surface area contributed by atoms with Crippen LogP contribution in [-0.4, -0.2) is 41.7 Å². The lowest BCUT2D eigenvalue weighted by molar-refractivity contribution is 0.125. The number of hydrogen-bond donors (Lipinski definition) is 2. The second kappa shape index (κ2) is 6.98. The maximum atomic E-state index is 5.92. The van der Waals surface area contributed by atoms with Gasteiger partial charge in [0.05, 0.1) is 5.69 Å². The number of ether oxygens (including phenoxy) is 1. The molecule has 0 aliphatic carbocycles. The van der Waals surface area contributed by atoms with E-state index in [9.17, 15) is 0 Å². The molecule has 2 heterocycles. The minimum Gasteiger partial charge on any atom is -0.470 e. The summed E-state index contributed by atoms with van der Waals surface area (Å²) in [6.07, 6.45) is 4.02. The minimum atomic E-state index is -0.298. The number of piperidine rings is 1. The van der Waals surface area contributed by atoms with E-state index >= 15 is 0 Å². The Hall–Kier alpha value is -1.49. The highest BCUT2D eigenvalue weighted by Crippen LogP contribution is 2.24. The molecule has 1 fully saturated rings. The maximum absolute atomic E-state index is 5.92. The second-order valence-corrected chi connectivity index (χ2v) is 6.63. The van der Waals surface area contributed by atoms with Crippen molar-refractivity contribution in [1.29, 1.82) is 0 Å². The van der Waals surface area contributed by atoms with Gasteiger partial charge in [-0.1, -0.05) is 6.42 Å². The first kappa shape index (κ1) is 15.9. The molecule has 5 heteroatoms. The topological polar surface area (TPSA) is 63.4 Å². The highest BCUT2D eigenvalue weighted by Gasteiger charge is 2.15. The molecular weight excluding hydrogens is 264 g/mol. The number of aromatic nitrogens is 1. The number of nitrogen functional groups attached to an aromatic ring is 1. The van der Waals surface area contributed by atoms with Crippen LogP contribution in [0.2, 0.25) is 0 Å². The first-order valence-corrected chi connectivity index (χ1v) is 7.86. The van der Waals surface area contributed by atoms with Gasteiger partial charge in [-0.05, 0) is 58.8 Å². The quantitative estimate of drug-likeness (QED) is 0.873. The fourth-order valence-electron chi connectivity index (χ4n) is 2.45. The van der Waals surface area contributed by atoms with Crippen LogP contribution in [0.1, 0.15) is 40.0 Å². The lowest BCUT2D eigenvalue weighted by atomic mass is 10.1. The third-order valence-corrected chi connectivity index (χ3v) is 3.48. The highest BCUT2D eigenvalue weighted by molar-refractivity contribution is 5.53. The minimum absolute atomic E-state index is 0.298. The summed E-state index contributed by atoms with van der Waals surface area (Å²) in [5.41, 5.74) is 6.20. The van der Waals surface area contributed by atoms with Crippen LogP contribution < -0.4 is 15.8 Å². The van der Waals surface area contributed by atoms with Gasteiger partial charge >= 0.3 is 0 Å². The molecule has 3 N–H and O–H groups in total. The van der Waals surface area contributed by atoms with Gasteiger partial charge in [0, 0.05) is 13.1 Å². The first-order chi connectivity index (χ1) is 9.94. The molecule has 21 heavy (non-hydrogen) atoms. The summed E-state index contributed by atoms with van der Waals surface area (Å²) in [7, 11) is 0. The van der Waals surface area contributed by atoms with E-state index in [0.29, 0.717) is 11.6 Å². The Labute approximate surface area is 127 Å².